The molecule has 0 radical (unpaired) electrons. The third kappa shape index (κ3) is 3.33. The number of hydrogen-bond donors (Lipinski definition) is 0. The Labute approximate surface area is 188 Å². The highest BCUT2D eigenvalue weighted by Crippen LogP contribution is 2.52. The van der Waals surface area contributed by atoms with Crippen LogP contribution in [-0.2, 0) is 17.6 Å². The highest BCUT2D eigenvalue weighted by Gasteiger charge is 2.35. The Morgan fingerprint density at radius 1 is 0.969 bits per heavy atom. The summed E-state index contributed by atoms with van der Waals surface area (Å²) in [5.41, 5.74) is 8.24. The Morgan fingerprint density at radius 3 is 2.44 bits per heavy atom. The van der Waals surface area contributed by atoms with Crippen LogP contribution in [0.4, 0.5) is 0 Å². The number of benzene rings is 3. The van der Waals surface area contributed by atoms with Crippen LogP contribution in [-0.4, -0.2) is 38.7 Å². The average Bonchev–Trinajstić information content (AvgIpc) is 2.80. The van der Waals surface area contributed by atoms with Crippen molar-refractivity contribution in [2.45, 2.75) is 25.8 Å². The molecule has 5 rings (SSSR count). The summed E-state index contributed by atoms with van der Waals surface area (Å²) < 4.78 is 16.6. The van der Waals surface area contributed by atoms with Gasteiger partial charge in [-0.3, -0.25) is 9.69 Å². The van der Waals surface area contributed by atoms with E-state index in [1.165, 1.54) is 23.6 Å². The van der Waals surface area contributed by atoms with Gasteiger partial charge in [-0.25, -0.2) is 0 Å². The number of ether oxygens (including phenoxy) is 3. The molecule has 3 aromatic carbocycles. The van der Waals surface area contributed by atoms with Gasteiger partial charge in [-0.2, -0.15) is 0 Å². The fraction of sp³-hybridized carbons (Fsp3) is 0.296. The van der Waals surface area contributed by atoms with E-state index in [-0.39, 0.29) is 5.97 Å². The number of hydrogen-bond acceptors (Lipinski definition) is 5. The van der Waals surface area contributed by atoms with Gasteiger partial charge in [-0.15, -0.1) is 0 Å². The predicted molar refractivity (Wildman–Crippen MR) is 125 cm³/mol. The quantitative estimate of drug-likeness (QED) is 0.429. The SMILES string of the molecule is COc1ccc(-c2cc3c4c(c2)-c2c(ccc(OC)c2OC(C)=O)C[C@H]4N(C)CC3)cc1. The van der Waals surface area contributed by atoms with Crippen molar-refractivity contribution < 1.29 is 19.0 Å². The molecule has 0 spiro atoms. The molecule has 0 saturated heterocycles. The standard InChI is InChI=1S/C27H27NO4/c1-16(29)32-27-24(31-4)10-7-18-15-23-25-19(11-12-28(23)2)13-20(14-22(25)26(18)27)17-5-8-21(30-3)9-6-17/h5-10,13-14,23H,11-12,15H2,1-4H3/t23-/m1/s1. The van der Waals surface area contributed by atoms with Crippen LogP contribution in [0.1, 0.15) is 29.7 Å². The van der Waals surface area contributed by atoms with Gasteiger partial charge >= 0.3 is 5.97 Å². The maximum atomic E-state index is 12.0. The molecular formula is C27H27NO4. The van der Waals surface area contributed by atoms with Crippen LogP contribution in [0.5, 0.6) is 17.2 Å². The summed E-state index contributed by atoms with van der Waals surface area (Å²) in [5, 5.41) is 0. The molecule has 1 atom stereocenters. The molecule has 1 aliphatic carbocycles. The van der Waals surface area contributed by atoms with Crippen molar-refractivity contribution in [3.05, 3.63) is 65.2 Å². The number of rotatable bonds is 4. The number of esters is 1. The third-order valence-electron chi connectivity index (χ3n) is 6.64. The van der Waals surface area contributed by atoms with E-state index in [4.69, 9.17) is 14.2 Å². The summed E-state index contributed by atoms with van der Waals surface area (Å²) in [6.07, 6.45) is 1.87. The molecule has 0 bridgehead atoms. The molecule has 164 valence electrons. The predicted octanol–water partition coefficient (Wildman–Crippen LogP) is 5.05. The van der Waals surface area contributed by atoms with Gasteiger partial charge in [0.1, 0.15) is 5.75 Å². The van der Waals surface area contributed by atoms with Crippen LogP contribution in [0.15, 0.2) is 48.5 Å². The lowest BCUT2D eigenvalue weighted by atomic mass is 9.75. The van der Waals surface area contributed by atoms with Crippen molar-refractivity contribution in [3.63, 3.8) is 0 Å². The van der Waals surface area contributed by atoms with E-state index >= 15 is 0 Å². The first-order valence-corrected chi connectivity index (χ1v) is 10.9. The Kier molecular flexibility index (Phi) is 5.14. The Bertz CT molecular complexity index is 1200. The molecule has 0 unspecified atom stereocenters. The third-order valence-corrected chi connectivity index (χ3v) is 6.64. The normalized spacial score (nSPS) is 16.7. The number of carbonyl (C=O) groups excluding carboxylic acids is 1. The molecule has 0 fully saturated rings. The lowest BCUT2D eigenvalue weighted by Crippen LogP contribution is -2.35. The monoisotopic (exact) mass is 429 g/mol. The van der Waals surface area contributed by atoms with Crippen LogP contribution < -0.4 is 14.2 Å². The molecule has 1 heterocycles. The second kappa shape index (κ2) is 7.99. The van der Waals surface area contributed by atoms with Gasteiger partial charge in [-0.05, 0) is 77.5 Å². The van der Waals surface area contributed by atoms with Crippen molar-refractivity contribution >= 4 is 5.97 Å². The lowest BCUT2D eigenvalue weighted by molar-refractivity contribution is -0.131. The van der Waals surface area contributed by atoms with Gasteiger partial charge in [0.15, 0.2) is 11.5 Å². The highest BCUT2D eigenvalue weighted by molar-refractivity contribution is 5.88. The van der Waals surface area contributed by atoms with Gasteiger partial charge < -0.3 is 14.2 Å². The second-order valence-electron chi connectivity index (χ2n) is 8.50. The minimum Gasteiger partial charge on any atom is -0.497 e. The largest absolute Gasteiger partial charge is 0.497 e. The lowest BCUT2D eigenvalue weighted by Gasteiger charge is -2.40. The average molecular weight is 430 g/mol. The molecule has 0 saturated carbocycles. The van der Waals surface area contributed by atoms with E-state index < -0.39 is 0 Å². The minimum absolute atomic E-state index is 0.310. The number of nitrogens with zero attached hydrogens (tertiary/aromatic N) is 1. The summed E-state index contributed by atoms with van der Waals surface area (Å²) >= 11 is 0. The molecule has 0 aromatic heterocycles. The zero-order chi connectivity index (χ0) is 22.4. The van der Waals surface area contributed by atoms with E-state index in [1.807, 2.05) is 18.2 Å². The van der Waals surface area contributed by atoms with Crippen LogP contribution in [0.25, 0.3) is 22.3 Å². The summed E-state index contributed by atoms with van der Waals surface area (Å²) in [5.74, 6) is 1.57. The maximum Gasteiger partial charge on any atom is 0.308 e. The fourth-order valence-electron chi connectivity index (χ4n) is 5.09. The molecule has 1 aliphatic heterocycles. The first-order valence-electron chi connectivity index (χ1n) is 10.9. The second-order valence-corrected chi connectivity index (χ2v) is 8.50. The van der Waals surface area contributed by atoms with Gasteiger partial charge in [0.2, 0.25) is 0 Å². The molecule has 32 heavy (non-hydrogen) atoms. The summed E-state index contributed by atoms with van der Waals surface area (Å²) in [6, 6.07) is 17.0. The number of fused-ring (bicyclic) bond motifs is 2. The van der Waals surface area contributed by atoms with Crippen molar-refractivity contribution in [3.8, 4) is 39.5 Å². The molecular weight excluding hydrogens is 402 g/mol. The summed E-state index contributed by atoms with van der Waals surface area (Å²) in [4.78, 5) is 14.4. The van der Waals surface area contributed by atoms with E-state index in [0.717, 1.165) is 47.4 Å². The maximum absolute atomic E-state index is 12.0. The highest BCUT2D eigenvalue weighted by atomic mass is 16.6. The van der Waals surface area contributed by atoms with Crippen LogP contribution >= 0.6 is 0 Å². The van der Waals surface area contributed by atoms with E-state index in [9.17, 15) is 4.79 Å². The van der Waals surface area contributed by atoms with Crippen molar-refractivity contribution in [2.75, 3.05) is 27.8 Å². The van der Waals surface area contributed by atoms with E-state index in [1.54, 1.807) is 14.2 Å². The summed E-state index contributed by atoms with van der Waals surface area (Å²) in [6.45, 7) is 2.45. The molecule has 5 heteroatoms. The summed E-state index contributed by atoms with van der Waals surface area (Å²) in [7, 11) is 5.48. The number of carbonyl (C=O) groups is 1. The zero-order valence-corrected chi connectivity index (χ0v) is 18.9. The number of likely N-dealkylation sites (N-methyl/N-ethyl adjacent to an activating group) is 1. The first kappa shape index (κ1) is 20.6. The molecule has 5 nitrogen and oxygen atoms in total. The molecule has 3 aromatic rings. The molecule has 0 amide bonds. The van der Waals surface area contributed by atoms with Gasteiger partial charge in [0.05, 0.1) is 14.2 Å². The van der Waals surface area contributed by atoms with Crippen LogP contribution in [0.3, 0.4) is 0 Å². The molecule has 0 N–H and O–H groups in total. The molecule has 2 aliphatic rings. The van der Waals surface area contributed by atoms with Crippen molar-refractivity contribution in [1.29, 1.82) is 0 Å². The van der Waals surface area contributed by atoms with Crippen molar-refractivity contribution in [2.24, 2.45) is 0 Å². The minimum atomic E-state index is -0.351. The zero-order valence-electron chi connectivity index (χ0n) is 18.9. The van der Waals surface area contributed by atoms with Gasteiger partial charge in [0.25, 0.3) is 0 Å². The van der Waals surface area contributed by atoms with Crippen molar-refractivity contribution in [1.82, 2.24) is 4.90 Å². The van der Waals surface area contributed by atoms with E-state index in [2.05, 4.69) is 42.3 Å². The fourth-order valence-corrected chi connectivity index (χ4v) is 5.09. The van der Waals surface area contributed by atoms with Gasteiger partial charge in [0, 0.05) is 25.1 Å². The Morgan fingerprint density at radius 2 is 1.75 bits per heavy atom. The Balaban J connectivity index is 1.77. The van der Waals surface area contributed by atoms with Gasteiger partial charge in [-0.1, -0.05) is 24.3 Å². The number of methoxy groups -OCH3 is 2. The van der Waals surface area contributed by atoms with E-state index in [0.29, 0.717) is 17.5 Å². The first-order chi connectivity index (χ1) is 15.5. The topological polar surface area (TPSA) is 48.0 Å². The smallest absolute Gasteiger partial charge is 0.308 e. The van der Waals surface area contributed by atoms with Crippen LogP contribution in [0.2, 0.25) is 0 Å². The van der Waals surface area contributed by atoms with Crippen LogP contribution in [0, 0.1) is 0 Å². The Hall–Kier alpha value is -3.31.